The molecule has 0 saturated heterocycles. The van der Waals surface area contributed by atoms with Crippen LogP contribution in [0.2, 0.25) is 0 Å². The van der Waals surface area contributed by atoms with E-state index in [1.54, 1.807) is 49.8 Å². The first kappa shape index (κ1) is 29.8. The third kappa shape index (κ3) is 7.05. The fourth-order valence-corrected chi connectivity index (χ4v) is 6.22. The third-order valence-electron chi connectivity index (χ3n) is 6.90. The fourth-order valence-electron chi connectivity index (χ4n) is 4.44. The Morgan fingerprint density at radius 2 is 1.81 bits per heavy atom. The van der Waals surface area contributed by atoms with Crippen LogP contribution in [0.5, 0.6) is 11.6 Å². The summed E-state index contributed by atoms with van der Waals surface area (Å²) in [7, 11) is -2.09. The van der Waals surface area contributed by atoms with Gasteiger partial charge in [-0.15, -0.1) is 0 Å². The largest absolute Gasteiger partial charge is 0.497 e. The molecule has 43 heavy (non-hydrogen) atoms. The van der Waals surface area contributed by atoms with Crippen LogP contribution in [0.1, 0.15) is 50.4 Å². The number of nitrogens with zero attached hydrogens (tertiary/aromatic N) is 6. The number of carbonyl (C=O) groups is 1. The van der Waals surface area contributed by atoms with Crippen molar-refractivity contribution in [1.29, 1.82) is 0 Å². The zero-order chi connectivity index (χ0) is 30.4. The molecule has 0 radical (unpaired) electrons. The zero-order valence-corrected chi connectivity index (χ0v) is 25.0. The van der Waals surface area contributed by atoms with Crippen LogP contribution >= 0.6 is 0 Å². The van der Waals surface area contributed by atoms with Gasteiger partial charge in [0.25, 0.3) is 0 Å². The summed E-state index contributed by atoms with van der Waals surface area (Å²) in [5.74, 6) is 0.786. The molecular weight excluding hydrogens is 570 g/mol. The van der Waals surface area contributed by atoms with Crippen molar-refractivity contribution >= 4 is 27.6 Å². The smallest absolute Gasteiger partial charge is 0.239 e. The Morgan fingerprint density at radius 1 is 1.02 bits per heavy atom. The van der Waals surface area contributed by atoms with Gasteiger partial charge in [0.1, 0.15) is 23.2 Å². The first-order chi connectivity index (χ1) is 20.8. The number of benzene rings is 1. The Hall–Kier alpha value is -4.65. The molecule has 3 aromatic heterocycles. The summed E-state index contributed by atoms with van der Waals surface area (Å²) in [6.45, 7) is 4.28. The van der Waals surface area contributed by atoms with E-state index in [2.05, 4.69) is 30.2 Å². The summed E-state index contributed by atoms with van der Waals surface area (Å²) in [6.07, 6.45) is 7.83. The molecule has 12 nitrogen and oxygen atoms in total. The highest BCUT2D eigenvalue weighted by atomic mass is 32.2. The number of hydrogen-bond acceptors (Lipinski definition) is 10. The summed E-state index contributed by atoms with van der Waals surface area (Å²) in [6, 6.07) is 12.2. The number of rotatable bonds is 13. The average Bonchev–Trinajstić information content (AvgIpc) is 3.88. The first-order valence-electron chi connectivity index (χ1n) is 14.0. The summed E-state index contributed by atoms with van der Waals surface area (Å²) in [4.78, 5) is 35.2. The fraction of sp³-hybridized carbons (Fsp3) is 0.333. The van der Waals surface area contributed by atoms with Crippen LogP contribution in [0.25, 0.3) is 11.3 Å². The Labute approximate surface area is 250 Å². The number of hydrogen-bond donors (Lipinski definition) is 1. The molecule has 1 amide bonds. The molecule has 1 unspecified atom stereocenters. The van der Waals surface area contributed by atoms with Crippen LogP contribution < -0.4 is 19.1 Å². The summed E-state index contributed by atoms with van der Waals surface area (Å²) >= 11 is 0. The summed E-state index contributed by atoms with van der Waals surface area (Å²) < 4.78 is 38.9. The molecule has 1 fully saturated rings. The minimum absolute atomic E-state index is 0.0936. The van der Waals surface area contributed by atoms with Crippen LogP contribution in [0.4, 0.5) is 11.6 Å². The van der Waals surface area contributed by atoms with E-state index >= 15 is 0 Å². The number of ether oxygens (including phenoxy) is 2. The van der Waals surface area contributed by atoms with Gasteiger partial charge in [0.2, 0.25) is 21.8 Å². The third-order valence-corrected chi connectivity index (χ3v) is 9.15. The number of pyridine rings is 1. The van der Waals surface area contributed by atoms with Gasteiger partial charge in [-0.25, -0.2) is 32.7 Å². The van der Waals surface area contributed by atoms with E-state index in [4.69, 9.17) is 9.47 Å². The highest BCUT2D eigenvalue weighted by molar-refractivity contribution is 7.93. The van der Waals surface area contributed by atoms with Gasteiger partial charge in [-0.2, -0.15) is 0 Å². The van der Waals surface area contributed by atoms with Gasteiger partial charge in [0.15, 0.2) is 0 Å². The van der Waals surface area contributed by atoms with Crippen LogP contribution in [0.15, 0.2) is 67.3 Å². The van der Waals surface area contributed by atoms with Gasteiger partial charge in [-0.3, -0.25) is 9.78 Å². The molecule has 13 heteroatoms. The highest BCUT2D eigenvalue weighted by Crippen LogP contribution is 2.34. The van der Waals surface area contributed by atoms with Crippen LogP contribution in [0, 0.1) is 0 Å². The van der Waals surface area contributed by atoms with Gasteiger partial charge >= 0.3 is 0 Å². The van der Waals surface area contributed by atoms with E-state index in [1.807, 2.05) is 26.0 Å². The molecule has 1 N–H and O–H groups in total. The number of aromatic nitrogens is 5. The van der Waals surface area contributed by atoms with Crippen molar-refractivity contribution < 1.29 is 22.7 Å². The molecule has 1 aliphatic rings. The Balaban J connectivity index is 1.35. The van der Waals surface area contributed by atoms with Crippen molar-refractivity contribution in [3.05, 3.63) is 78.6 Å². The summed E-state index contributed by atoms with van der Waals surface area (Å²) in [5.41, 5.74) is 2.08. The lowest BCUT2D eigenvalue weighted by Gasteiger charge is -2.24. The molecule has 5 rings (SSSR count). The molecule has 1 atom stereocenters. The average molecular weight is 604 g/mol. The van der Waals surface area contributed by atoms with Crippen molar-refractivity contribution in [3.8, 4) is 22.9 Å². The van der Waals surface area contributed by atoms with Gasteiger partial charge in [0.05, 0.1) is 49.5 Å². The van der Waals surface area contributed by atoms with E-state index in [-0.39, 0.29) is 24.1 Å². The second kappa shape index (κ2) is 13.1. The topological polar surface area (TPSA) is 149 Å². The molecule has 3 heterocycles. The van der Waals surface area contributed by atoms with E-state index in [1.165, 1.54) is 16.7 Å². The zero-order valence-electron chi connectivity index (χ0n) is 24.2. The predicted octanol–water partition coefficient (Wildman–Crippen LogP) is 4.37. The summed E-state index contributed by atoms with van der Waals surface area (Å²) in [5, 5.41) is 2.38. The van der Waals surface area contributed by atoms with Crippen molar-refractivity contribution in [3.63, 3.8) is 0 Å². The SMILES string of the molecule is CCOc1cncc(-c2ccc(NC(=O)C(CC)c3nccc(N(Cc4ccc(OC)cc4)S(=O)(=O)C4CC4)n3)nc2)n1. The molecule has 1 saturated carbocycles. The maximum atomic E-state index is 13.5. The Morgan fingerprint density at radius 3 is 2.47 bits per heavy atom. The van der Waals surface area contributed by atoms with Gasteiger partial charge in [-0.1, -0.05) is 19.1 Å². The molecule has 0 aliphatic heterocycles. The van der Waals surface area contributed by atoms with Crippen LogP contribution in [-0.2, 0) is 21.4 Å². The normalized spacial score (nSPS) is 13.7. The number of nitrogens with one attached hydrogen (secondary N) is 1. The van der Waals surface area contributed by atoms with Gasteiger partial charge in [-0.05, 0) is 56.0 Å². The second-order valence-corrected chi connectivity index (χ2v) is 12.1. The minimum atomic E-state index is -3.66. The standard InChI is InChI=1S/C30H33N7O5S/c1-4-24(30(38)35-26-13-8-21(16-33-26)25-17-31-18-28(34-25)42-5-2)29-32-15-14-27(36-29)37(43(39,40)23-11-12-23)19-20-6-9-22(41-3)10-7-20/h6-10,13-18,23-24H,4-5,11-12,19H2,1-3H3,(H,33,35,38). The lowest BCUT2D eigenvalue weighted by molar-refractivity contribution is -0.117. The molecule has 1 aromatic carbocycles. The number of carbonyl (C=O) groups excluding carboxylic acids is 1. The van der Waals surface area contributed by atoms with Crippen LogP contribution in [0.3, 0.4) is 0 Å². The minimum Gasteiger partial charge on any atom is -0.497 e. The van der Waals surface area contributed by atoms with Gasteiger partial charge < -0.3 is 14.8 Å². The number of sulfonamides is 1. The van der Waals surface area contributed by atoms with Crippen LogP contribution in [-0.4, -0.2) is 58.2 Å². The second-order valence-electron chi connectivity index (χ2n) is 9.93. The maximum Gasteiger partial charge on any atom is 0.239 e. The number of anilines is 2. The lowest BCUT2D eigenvalue weighted by atomic mass is 10.0. The quantitative estimate of drug-likeness (QED) is 0.233. The van der Waals surface area contributed by atoms with E-state index < -0.39 is 21.2 Å². The Bertz CT molecular complexity index is 1660. The number of methoxy groups -OCH3 is 1. The first-order valence-corrected chi connectivity index (χ1v) is 15.5. The Kier molecular flexibility index (Phi) is 9.10. The van der Waals surface area contributed by atoms with E-state index in [9.17, 15) is 13.2 Å². The van der Waals surface area contributed by atoms with Gasteiger partial charge in [0, 0.05) is 24.0 Å². The highest BCUT2D eigenvalue weighted by Gasteiger charge is 2.41. The molecule has 0 bridgehead atoms. The molecular formula is C30H33N7O5S. The lowest BCUT2D eigenvalue weighted by Crippen LogP contribution is -2.34. The van der Waals surface area contributed by atoms with E-state index in [0.29, 0.717) is 54.6 Å². The van der Waals surface area contributed by atoms with Crippen molar-refractivity contribution in [2.24, 2.45) is 0 Å². The molecule has 1 aliphatic carbocycles. The van der Waals surface area contributed by atoms with Crippen molar-refractivity contribution in [1.82, 2.24) is 24.9 Å². The van der Waals surface area contributed by atoms with E-state index in [0.717, 1.165) is 5.56 Å². The molecule has 224 valence electrons. The maximum absolute atomic E-state index is 13.5. The number of amides is 1. The van der Waals surface area contributed by atoms with Crippen molar-refractivity contribution in [2.45, 2.75) is 50.8 Å². The monoisotopic (exact) mass is 603 g/mol. The molecule has 0 spiro atoms. The van der Waals surface area contributed by atoms with Crippen molar-refractivity contribution in [2.75, 3.05) is 23.3 Å². The molecule has 4 aromatic rings. The predicted molar refractivity (Wildman–Crippen MR) is 161 cm³/mol.